The van der Waals surface area contributed by atoms with E-state index >= 15 is 0 Å². The molecule has 0 atom stereocenters. The van der Waals surface area contributed by atoms with Crippen LogP contribution in [-0.2, 0) is 4.74 Å². The van der Waals surface area contributed by atoms with Gasteiger partial charge < -0.3 is 14.7 Å². The summed E-state index contributed by atoms with van der Waals surface area (Å²) in [6.07, 6.45) is 0. The zero-order valence-electron chi connectivity index (χ0n) is 8.04. The zero-order chi connectivity index (χ0) is 10.8. The third-order valence-electron chi connectivity index (χ3n) is 2.37. The molecule has 15 heavy (non-hydrogen) atoms. The van der Waals surface area contributed by atoms with E-state index in [2.05, 4.69) is 0 Å². The molecule has 0 amide bonds. The number of aromatic hydroxyl groups is 1. The van der Waals surface area contributed by atoms with Crippen LogP contribution in [0.4, 0.5) is 14.5 Å². The van der Waals surface area contributed by atoms with Crippen molar-refractivity contribution in [3.63, 3.8) is 0 Å². The van der Waals surface area contributed by atoms with E-state index in [4.69, 9.17) is 4.74 Å². The van der Waals surface area contributed by atoms with Crippen LogP contribution in [0.5, 0.6) is 5.75 Å². The number of ether oxygens (including phenoxy) is 1. The highest BCUT2D eigenvalue weighted by molar-refractivity contribution is 5.58. The minimum atomic E-state index is -1.04. The summed E-state index contributed by atoms with van der Waals surface area (Å²) in [5, 5.41) is 9.48. The summed E-state index contributed by atoms with van der Waals surface area (Å²) in [4.78, 5) is 1.77. The van der Waals surface area contributed by atoms with Crippen LogP contribution in [0.3, 0.4) is 0 Å². The van der Waals surface area contributed by atoms with Crippen LogP contribution in [0.15, 0.2) is 12.1 Å². The third-order valence-corrected chi connectivity index (χ3v) is 2.37. The lowest BCUT2D eigenvalue weighted by Crippen LogP contribution is -2.36. The molecular formula is C10H11F2NO2. The van der Waals surface area contributed by atoms with Crippen molar-refractivity contribution < 1.29 is 18.6 Å². The van der Waals surface area contributed by atoms with Crippen molar-refractivity contribution in [3.05, 3.63) is 23.8 Å². The number of hydrogen-bond donors (Lipinski definition) is 1. The Hall–Kier alpha value is -1.36. The van der Waals surface area contributed by atoms with Crippen LogP contribution in [0.1, 0.15) is 0 Å². The minimum absolute atomic E-state index is 0.240. The summed E-state index contributed by atoms with van der Waals surface area (Å²) in [6, 6.07) is 1.80. The molecule has 0 aliphatic carbocycles. The quantitative estimate of drug-likeness (QED) is 0.770. The molecule has 1 aromatic carbocycles. The molecule has 1 aliphatic rings. The summed E-state index contributed by atoms with van der Waals surface area (Å²) in [5.41, 5.74) is 0.317. The molecule has 0 radical (unpaired) electrons. The number of phenols is 1. The molecule has 1 fully saturated rings. The van der Waals surface area contributed by atoms with Gasteiger partial charge in [0.25, 0.3) is 0 Å². The average Bonchev–Trinajstić information content (AvgIpc) is 2.25. The number of nitrogens with zero attached hydrogens (tertiary/aromatic N) is 1. The fraction of sp³-hybridized carbons (Fsp3) is 0.400. The van der Waals surface area contributed by atoms with E-state index in [0.717, 1.165) is 12.1 Å². The fourth-order valence-electron chi connectivity index (χ4n) is 1.58. The second-order valence-corrected chi connectivity index (χ2v) is 3.35. The maximum Gasteiger partial charge on any atom is 0.162 e. The van der Waals surface area contributed by atoms with Gasteiger partial charge in [-0.05, 0) is 0 Å². The first-order valence-electron chi connectivity index (χ1n) is 4.69. The normalized spacial score (nSPS) is 16.8. The van der Waals surface area contributed by atoms with Gasteiger partial charge in [0.15, 0.2) is 11.6 Å². The Bertz CT molecular complexity index is 365. The molecule has 0 unspecified atom stereocenters. The summed E-state index contributed by atoms with van der Waals surface area (Å²) in [5.74, 6) is -2.23. The summed E-state index contributed by atoms with van der Waals surface area (Å²) in [7, 11) is 0. The monoisotopic (exact) mass is 215 g/mol. The Labute approximate surface area is 85.9 Å². The number of anilines is 1. The van der Waals surface area contributed by atoms with E-state index in [1.807, 2.05) is 0 Å². The van der Waals surface area contributed by atoms with Gasteiger partial charge in [-0.15, -0.1) is 0 Å². The molecule has 1 heterocycles. The highest BCUT2D eigenvalue weighted by Crippen LogP contribution is 2.29. The second-order valence-electron chi connectivity index (χ2n) is 3.35. The molecule has 82 valence electrons. The van der Waals surface area contributed by atoms with Gasteiger partial charge in [-0.3, -0.25) is 0 Å². The van der Waals surface area contributed by atoms with Crippen molar-refractivity contribution in [2.45, 2.75) is 0 Å². The predicted molar refractivity (Wildman–Crippen MR) is 51.1 cm³/mol. The van der Waals surface area contributed by atoms with Crippen molar-refractivity contribution in [2.24, 2.45) is 0 Å². The standard InChI is InChI=1S/C10H11F2NO2/c11-7-5-9(10(14)6-8(7)12)13-1-3-15-4-2-13/h5-6,14H,1-4H2. The lowest BCUT2D eigenvalue weighted by atomic mass is 10.2. The van der Waals surface area contributed by atoms with Gasteiger partial charge in [0.1, 0.15) is 5.75 Å². The molecule has 1 aromatic rings. The minimum Gasteiger partial charge on any atom is -0.506 e. The average molecular weight is 215 g/mol. The number of rotatable bonds is 1. The molecule has 0 aromatic heterocycles. The molecule has 1 saturated heterocycles. The predicted octanol–water partition coefficient (Wildman–Crippen LogP) is 1.51. The van der Waals surface area contributed by atoms with Gasteiger partial charge in [0.05, 0.1) is 18.9 Å². The van der Waals surface area contributed by atoms with Crippen LogP contribution in [-0.4, -0.2) is 31.4 Å². The lowest BCUT2D eigenvalue weighted by molar-refractivity contribution is 0.122. The molecule has 2 rings (SSSR count). The van der Waals surface area contributed by atoms with Gasteiger partial charge in [-0.1, -0.05) is 0 Å². The smallest absolute Gasteiger partial charge is 0.162 e. The molecular weight excluding hydrogens is 204 g/mol. The van der Waals surface area contributed by atoms with Gasteiger partial charge in [0, 0.05) is 25.2 Å². The molecule has 3 nitrogen and oxygen atoms in total. The summed E-state index contributed by atoms with van der Waals surface area (Å²) >= 11 is 0. The maximum atomic E-state index is 13.0. The van der Waals surface area contributed by atoms with E-state index < -0.39 is 11.6 Å². The molecule has 5 heteroatoms. The van der Waals surface area contributed by atoms with Crippen LogP contribution >= 0.6 is 0 Å². The van der Waals surface area contributed by atoms with Crippen molar-refractivity contribution in [1.82, 2.24) is 0 Å². The number of halogens is 2. The lowest BCUT2D eigenvalue weighted by Gasteiger charge is -2.29. The topological polar surface area (TPSA) is 32.7 Å². The van der Waals surface area contributed by atoms with Gasteiger partial charge in [0.2, 0.25) is 0 Å². The van der Waals surface area contributed by atoms with Gasteiger partial charge >= 0.3 is 0 Å². The SMILES string of the molecule is Oc1cc(F)c(F)cc1N1CCOCC1. The summed E-state index contributed by atoms with van der Waals surface area (Å²) < 4.78 is 30.8. The van der Waals surface area contributed by atoms with Gasteiger partial charge in [-0.2, -0.15) is 0 Å². The Morgan fingerprint density at radius 3 is 2.40 bits per heavy atom. The van der Waals surface area contributed by atoms with E-state index in [9.17, 15) is 13.9 Å². The number of benzene rings is 1. The first-order valence-corrected chi connectivity index (χ1v) is 4.69. The Morgan fingerprint density at radius 1 is 1.13 bits per heavy atom. The molecule has 1 N–H and O–H groups in total. The van der Waals surface area contributed by atoms with Crippen molar-refractivity contribution in [2.75, 3.05) is 31.2 Å². The van der Waals surface area contributed by atoms with Crippen molar-refractivity contribution >= 4 is 5.69 Å². The Balaban J connectivity index is 2.30. The van der Waals surface area contributed by atoms with Gasteiger partial charge in [-0.25, -0.2) is 8.78 Å². The van der Waals surface area contributed by atoms with Crippen molar-refractivity contribution in [1.29, 1.82) is 0 Å². The second kappa shape index (κ2) is 4.02. The molecule has 0 saturated carbocycles. The summed E-state index contributed by atoms with van der Waals surface area (Å²) in [6.45, 7) is 2.19. The van der Waals surface area contributed by atoms with E-state index in [0.29, 0.717) is 32.0 Å². The number of morpholine rings is 1. The Morgan fingerprint density at radius 2 is 1.73 bits per heavy atom. The molecule has 0 spiro atoms. The first kappa shape index (κ1) is 10.2. The van der Waals surface area contributed by atoms with Crippen molar-refractivity contribution in [3.8, 4) is 5.75 Å². The van der Waals surface area contributed by atoms with Crippen LogP contribution in [0.2, 0.25) is 0 Å². The van der Waals surface area contributed by atoms with E-state index in [1.54, 1.807) is 4.90 Å². The number of phenolic OH excluding ortho intramolecular Hbond substituents is 1. The van der Waals surface area contributed by atoms with E-state index in [1.165, 1.54) is 0 Å². The third kappa shape index (κ3) is 2.02. The van der Waals surface area contributed by atoms with Crippen LogP contribution in [0.25, 0.3) is 0 Å². The maximum absolute atomic E-state index is 13.0. The Kier molecular flexibility index (Phi) is 2.73. The van der Waals surface area contributed by atoms with Crippen LogP contribution in [0, 0.1) is 11.6 Å². The fourth-order valence-corrected chi connectivity index (χ4v) is 1.58. The first-order chi connectivity index (χ1) is 7.18. The van der Waals surface area contributed by atoms with E-state index in [-0.39, 0.29) is 5.75 Å². The van der Waals surface area contributed by atoms with Crippen LogP contribution < -0.4 is 4.90 Å². The molecule has 0 bridgehead atoms. The highest BCUT2D eigenvalue weighted by Gasteiger charge is 2.17. The largest absolute Gasteiger partial charge is 0.506 e. The highest BCUT2D eigenvalue weighted by atomic mass is 19.2. The zero-order valence-corrected chi connectivity index (χ0v) is 8.04. The number of hydrogen-bond acceptors (Lipinski definition) is 3. The molecule has 1 aliphatic heterocycles.